The Morgan fingerprint density at radius 1 is 1.07 bits per heavy atom. The van der Waals surface area contributed by atoms with E-state index < -0.39 is 0 Å². The normalized spacial score (nSPS) is 11.7. The van der Waals surface area contributed by atoms with Gasteiger partial charge in [-0.3, -0.25) is 4.79 Å². The van der Waals surface area contributed by atoms with Crippen LogP contribution in [0.5, 0.6) is 11.5 Å². The summed E-state index contributed by atoms with van der Waals surface area (Å²) in [7, 11) is 3.21. The summed E-state index contributed by atoms with van der Waals surface area (Å²) in [6.45, 7) is 2.88. The number of carbonyl (C=O) groups is 1. The maximum atomic E-state index is 12.5. The standard InChI is InChI=1S/C23H26N2O3S/c1-16-6-9-18(10-7-16)23(21-5-4-12-29-21)25-15-22(26)24-14-17-8-11-19(27-2)20(13-17)28-3/h4-13,23,25H,14-15H2,1-3H3,(H,24,26)/p+1/t23-/m1/s1. The Bertz CT molecular complexity index is 924. The van der Waals surface area contributed by atoms with Gasteiger partial charge in [0, 0.05) is 12.1 Å². The van der Waals surface area contributed by atoms with Gasteiger partial charge in [-0.25, -0.2) is 0 Å². The third-order valence-electron chi connectivity index (χ3n) is 4.76. The Morgan fingerprint density at radius 3 is 2.48 bits per heavy atom. The summed E-state index contributed by atoms with van der Waals surface area (Å²) in [4.78, 5) is 13.7. The van der Waals surface area contributed by atoms with Crippen LogP contribution < -0.4 is 20.1 Å². The molecular formula is C23H27N2O3S+. The lowest BCUT2D eigenvalue weighted by Crippen LogP contribution is -2.87. The molecule has 3 rings (SSSR count). The molecule has 1 amide bonds. The van der Waals surface area contributed by atoms with Crippen molar-refractivity contribution in [1.29, 1.82) is 0 Å². The maximum absolute atomic E-state index is 12.5. The summed E-state index contributed by atoms with van der Waals surface area (Å²) in [6.07, 6.45) is 0. The van der Waals surface area contributed by atoms with Crippen molar-refractivity contribution in [3.8, 4) is 11.5 Å². The first-order valence-electron chi connectivity index (χ1n) is 9.51. The summed E-state index contributed by atoms with van der Waals surface area (Å²) in [5, 5.41) is 7.14. The molecule has 2 aromatic carbocycles. The lowest BCUT2D eigenvalue weighted by molar-refractivity contribution is -0.676. The Hall–Kier alpha value is -2.83. The summed E-state index contributed by atoms with van der Waals surface area (Å²) < 4.78 is 10.6. The van der Waals surface area contributed by atoms with Gasteiger partial charge < -0.3 is 20.1 Å². The third-order valence-corrected chi connectivity index (χ3v) is 5.72. The van der Waals surface area contributed by atoms with Crippen LogP contribution in [0, 0.1) is 6.92 Å². The Morgan fingerprint density at radius 2 is 1.83 bits per heavy atom. The van der Waals surface area contributed by atoms with E-state index in [-0.39, 0.29) is 11.9 Å². The van der Waals surface area contributed by atoms with E-state index in [0.29, 0.717) is 24.6 Å². The SMILES string of the molecule is COc1ccc(CNC(=O)C[NH2+][C@H](c2ccc(C)cc2)c2cccs2)cc1OC. The number of ether oxygens (including phenoxy) is 2. The molecule has 1 atom stereocenters. The largest absolute Gasteiger partial charge is 0.493 e. The monoisotopic (exact) mass is 411 g/mol. The number of rotatable bonds is 9. The first-order valence-corrected chi connectivity index (χ1v) is 10.4. The van der Waals surface area contributed by atoms with E-state index in [1.165, 1.54) is 16.0 Å². The van der Waals surface area contributed by atoms with E-state index in [9.17, 15) is 4.79 Å². The maximum Gasteiger partial charge on any atom is 0.275 e. The van der Waals surface area contributed by atoms with E-state index in [0.717, 1.165) is 5.56 Å². The van der Waals surface area contributed by atoms with Crippen LogP contribution in [0.4, 0.5) is 0 Å². The van der Waals surface area contributed by atoms with Gasteiger partial charge in [-0.2, -0.15) is 0 Å². The predicted octanol–water partition coefficient (Wildman–Crippen LogP) is 3.04. The van der Waals surface area contributed by atoms with Gasteiger partial charge in [-0.05, 0) is 36.1 Å². The zero-order valence-electron chi connectivity index (χ0n) is 17.0. The molecule has 1 aromatic heterocycles. The molecule has 3 N–H and O–H groups in total. The van der Waals surface area contributed by atoms with E-state index >= 15 is 0 Å². The minimum Gasteiger partial charge on any atom is -0.493 e. The Balaban J connectivity index is 1.60. The number of quaternary nitrogens is 1. The molecule has 0 aliphatic heterocycles. The second kappa shape index (κ2) is 10.1. The lowest BCUT2D eigenvalue weighted by Gasteiger charge is -2.15. The van der Waals surface area contributed by atoms with Crippen LogP contribution in [0.15, 0.2) is 60.0 Å². The minimum absolute atomic E-state index is 0.00606. The zero-order valence-corrected chi connectivity index (χ0v) is 17.8. The topological polar surface area (TPSA) is 64.2 Å². The molecule has 152 valence electrons. The molecule has 3 aromatic rings. The number of nitrogens with one attached hydrogen (secondary N) is 1. The molecule has 29 heavy (non-hydrogen) atoms. The number of aryl methyl sites for hydroxylation is 1. The fraction of sp³-hybridized carbons (Fsp3) is 0.261. The molecule has 0 saturated carbocycles. The molecule has 0 fully saturated rings. The van der Waals surface area contributed by atoms with Crippen LogP contribution in [0.1, 0.15) is 27.6 Å². The molecule has 5 nitrogen and oxygen atoms in total. The van der Waals surface area contributed by atoms with Crippen LogP contribution in [0.25, 0.3) is 0 Å². The quantitative estimate of drug-likeness (QED) is 0.569. The summed E-state index contributed by atoms with van der Waals surface area (Å²) in [5.74, 6) is 1.32. The summed E-state index contributed by atoms with van der Waals surface area (Å²) in [6, 6.07) is 18.4. The second-order valence-corrected chi connectivity index (χ2v) is 7.79. The molecule has 1 heterocycles. The van der Waals surface area contributed by atoms with Gasteiger partial charge in [0.1, 0.15) is 6.04 Å². The van der Waals surface area contributed by atoms with Gasteiger partial charge in [-0.15, -0.1) is 11.3 Å². The number of hydrogen-bond acceptors (Lipinski definition) is 4. The Labute approximate surface area is 175 Å². The van der Waals surface area contributed by atoms with Crippen molar-refractivity contribution in [2.45, 2.75) is 19.5 Å². The minimum atomic E-state index is -0.00606. The molecule has 0 unspecified atom stereocenters. The predicted molar refractivity (Wildman–Crippen MR) is 116 cm³/mol. The van der Waals surface area contributed by atoms with E-state index in [2.05, 4.69) is 53.3 Å². The smallest absolute Gasteiger partial charge is 0.275 e. The number of nitrogens with two attached hydrogens (primary N) is 1. The van der Waals surface area contributed by atoms with Crippen molar-refractivity contribution in [2.75, 3.05) is 20.8 Å². The number of carbonyl (C=O) groups excluding carboxylic acids is 1. The molecule has 0 aliphatic carbocycles. The molecule has 0 saturated heterocycles. The van der Waals surface area contributed by atoms with Crippen LogP contribution in [-0.2, 0) is 11.3 Å². The highest BCUT2D eigenvalue weighted by Gasteiger charge is 2.20. The highest BCUT2D eigenvalue weighted by molar-refractivity contribution is 7.10. The fourth-order valence-corrected chi connectivity index (χ4v) is 4.00. The van der Waals surface area contributed by atoms with Gasteiger partial charge >= 0.3 is 0 Å². The number of hydrogen-bond donors (Lipinski definition) is 2. The number of benzene rings is 2. The average molecular weight is 412 g/mol. The number of thiophene rings is 1. The third kappa shape index (κ3) is 5.59. The van der Waals surface area contributed by atoms with Crippen molar-refractivity contribution in [2.24, 2.45) is 0 Å². The van der Waals surface area contributed by atoms with Crippen LogP contribution >= 0.6 is 11.3 Å². The Kier molecular flexibility index (Phi) is 7.27. The molecule has 0 spiro atoms. The van der Waals surface area contributed by atoms with Crippen molar-refractivity contribution in [3.05, 3.63) is 81.5 Å². The highest BCUT2D eigenvalue weighted by atomic mass is 32.1. The van der Waals surface area contributed by atoms with Gasteiger partial charge in [0.15, 0.2) is 18.0 Å². The van der Waals surface area contributed by atoms with Gasteiger partial charge in [0.25, 0.3) is 5.91 Å². The second-order valence-electron chi connectivity index (χ2n) is 6.81. The molecule has 0 bridgehead atoms. The first-order chi connectivity index (χ1) is 14.1. The van der Waals surface area contributed by atoms with Crippen LogP contribution in [0.3, 0.4) is 0 Å². The number of amides is 1. The molecule has 0 aliphatic rings. The molecule has 6 heteroatoms. The van der Waals surface area contributed by atoms with Gasteiger partial charge in [-0.1, -0.05) is 42.0 Å². The van der Waals surface area contributed by atoms with E-state index in [4.69, 9.17) is 9.47 Å². The molecule has 0 radical (unpaired) electrons. The highest BCUT2D eigenvalue weighted by Crippen LogP contribution is 2.27. The van der Waals surface area contributed by atoms with Crippen molar-refractivity contribution in [1.82, 2.24) is 5.32 Å². The van der Waals surface area contributed by atoms with E-state index in [1.54, 1.807) is 25.6 Å². The average Bonchev–Trinajstić information content (AvgIpc) is 3.28. The lowest BCUT2D eigenvalue weighted by atomic mass is 10.0. The number of methoxy groups -OCH3 is 2. The summed E-state index contributed by atoms with van der Waals surface area (Å²) in [5.41, 5.74) is 3.39. The fourth-order valence-electron chi connectivity index (χ4n) is 3.15. The van der Waals surface area contributed by atoms with E-state index in [1.807, 2.05) is 24.3 Å². The van der Waals surface area contributed by atoms with Crippen molar-refractivity contribution in [3.63, 3.8) is 0 Å². The van der Waals surface area contributed by atoms with Gasteiger partial charge in [0.2, 0.25) is 0 Å². The van der Waals surface area contributed by atoms with Crippen LogP contribution in [0.2, 0.25) is 0 Å². The van der Waals surface area contributed by atoms with Gasteiger partial charge in [0.05, 0.1) is 19.1 Å². The zero-order chi connectivity index (χ0) is 20.6. The van der Waals surface area contributed by atoms with Crippen molar-refractivity contribution < 1.29 is 19.6 Å². The summed E-state index contributed by atoms with van der Waals surface area (Å²) >= 11 is 1.71. The van der Waals surface area contributed by atoms with Crippen molar-refractivity contribution >= 4 is 17.2 Å². The first kappa shape index (κ1) is 20.9. The molecular weight excluding hydrogens is 384 g/mol. The van der Waals surface area contributed by atoms with Crippen LogP contribution in [-0.4, -0.2) is 26.7 Å².